The first-order valence-electron chi connectivity index (χ1n) is 8.00. The van der Waals surface area contributed by atoms with E-state index in [1.807, 2.05) is 19.1 Å². The third-order valence-electron chi connectivity index (χ3n) is 3.39. The highest BCUT2D eigenvalue weighted by Crippen LogP contribution is 2.22. The van der Waals surface area contributed by atoms with Crippen LogP contribution in [0.3, 0.4) is 0 Å². The minimum atomic E-state index is -0.509. The highest BCUT2D eigenvalue weighted by atomic mass is 32.2. The van der Waals surface area contributed by atoms with Crippen LogP contribution >= 0.6 is 11.8 Å². The van der Waals surface area contributed by atoms with E-state index in [1.54, 1.807) is 36.0 Å². The number of esters is 1. The normalized spacial score (nSPS) is 10.3. The molecule has 0 heterocycles. The van der Waals surface area contributed by atoms with Crippen molar-refractivity contribution in [1.29, 1.82) is 0 Å². The minimum Gasteiger partial charge on any atom is -0.452 e. The number of carbonyl (C=O) groups is 2. The van der Waals surface area contributed by atoms with Gasteiger partial charge in [0.05, 0.1) is 5.56 Å². The van der Waals surface area contributed by atoms with Gasteiger partial charge in [0.1, 0.15) is 5.82 Å². The first-order valence-corrected chi connectivity index (χ1v) is 8.98. The Morgan fingerprint density at radius 1 is 1.12 bits per heavy atom. The number of rotatable bonds is 8. The lowest BCUT2D eigenvalue weighted by molar-refractivity contribution is -0.124. The Morgan fingerprint density at radius 3 is 2.56 bits per heavy atom. The molecular formula is C19H20FNO3S. The SMILES string of the molecule is CCSc1ccccc1C(=O)OCC(=O)NCCc1ccc(F)cc1. The first kappa shape index (κ1) is 19.0. The molecule has 0 saturated carbocycles. The molecule has 0 aliphatic heterocycles. The van der Waals surface area contributed by atoms with Gasteiger partial charge in [0.15, 0.2) is 6.61 Å². The molecule has 2 rings (SSSR count). The average Bonchev–Trinajstić information content (AvgIpc) is 2.62. The lowest BCUT2D eigenvalue weighted by atomic mass is 10.1. The highest BCUT2D eigenvalue weighted by Gasteiger charge is 2.14. The number of hydrogen-bond donors (Lipinski definition) is 1. The Bertz CT molecular complexity index is 719. The van der Waals surface area contributed by atoms with Crippen LogP contribution in [0.5, 0.6) is 0 Å². The number of amides is 1. The number of benzene rings is 2. The van der Waals surface area contributed by atoms with E-state index in [4.69, 9.17) is 4.74 Å². The van der Waals surface area contributed by atoms with Crippen LogP contribution in [0.4, 0.5) is 4.39 Å². The maximum Gasteiger partial charge on any atom is 0.339 e. The Balaban J connectivity index is 1.76. The highest BCUT2D eigenvalue weighted by molar-refractivity contribution is 7.99. The van der Waals surface area contributed by atoms with Gasteiger partial charge in [-0.3, -0.25) is 4.79 Å². The van der Waals surface area contributed by atoms with Crippen LogP contribution in [0.1, 0.15) is 22.8 Å². The van der Waals surface area contributed by atoms with E-state index >= 15 is 0 Å². The molecule has 0 unspecified atom stereocenters. The van der Waals surface area contributed by atoms with Crippen LogP contribution < -0.4 is 5.32 Å². The summed E-state index contributed by atoms with van der Waals surface area (Å²) in [5, 5.41) is 2.68. The topological polar surface area (TPSA) is 55.4 Å². The van der Waals surface area contributed by atoms with E-state index in [0.717, 1.165) is 16.2 Å². The summed E-state index contributed by atoms with van der Waals surface area (Å²) in [7, 11) is 0. The summed E-state index contributed by atoms with van der Waals surface area (Å²) in [6.45, 7) is 2.07. The van der Waals surface area contributed by atoms with E-state index < -0.39 is 5.97 Å². The molecule has 1 N–H and O–H groups in total. The predicted octanol–water partition coefficient (Wildman–Crippen LogP) is 3.45. The van der Waals surface area contributed by atoms with Crippen molar-refractivity contribution >= 4 is 23.6 Å². The Kier molecular flexibility index (Phi) is 7.47. The van der Waals surface area contributed by atoms with Crippen molar-refractivity contribution in [2.45, 2.75) is 18.2 Å². The van der Waals surface area contributed by atoms with Crippen molar-refractivity contribution in [1.82, 2.24) is 5.32 Å². The van der Waals surface area contributed by atoms with Crippen molar-refractivity contribution in [2.75, 3.05) is 18.9 Å². The van der Waals surface area contributed by atoms with E-state index in [9.17, 15) is 14.0 Å². The molecule has 0 aromatic heterocycles. The Morgan fingerprint density at radius 2 is 1.84 bits per heavy atom. The van der Waals surface area contributed by atoms with Crippen molar-refractivity contribution < 1.29 is 18.7 Å². The number of carbonyl (C=O) groups excluding carboxylic acids is 2. The van der Waals surface area contributed by atoms with Gasteiger partial charge in [0.2, 0.25) is 0 Å². The molecule has 25 heavy (non-hydrogen) atoms. The van der Waals surface area contributed by atoms with E-state index in [-0.39, 0.29) is 18.3 Å². The maximum atomic E-state index is 12.8. The molecular weight excluding hydrogens is 341 g/mol. The molecule has 4 nitrogen and oxygen atoms in total. The summed E-state index contributed by atoms with van der Waals surface area (Å²) >= 11 is 1.55. The molecule has 6 heteroatoms. The monoisotopic (exact) mass is 361 g/mol. The largest absolute Gasteiger partial charge is 0.452 e. The van der Waals surface area contributed by atoms with Crippen LogP contribution in [0.2, 0.25) is 0 Å². The van der Waals surface area contributed by atoms with Crippen LogP contribution in [0.25, 0.3) is 0 Å². The second-order valence-electron chi connectivity index (χ2n) is 5.23. The van der Waals surface area contributed by atoms with Gasteiger partial charge in [-0.25, -0.2) is 9.18 Å². The molecule has 0 radical (unpaired) electrons. The maximum absolute atomic E-state index is 12.8. The molecule has 132 valence electrons. The average molecular weight is 361 g/mol. The lowest BCUT2D eigenvalue weighted by Gasteiger charge is -2.09. The van der Waals surface area contributed by atoms with Crippen molar-refractivity contribution in [2.24, 2.45) is 0 Å². The summed E-state index contributed by atoms with van der Waals surface area (Å²) in [6.07, 6.45) is 0.579. The quantitative estimate of drug-likeness (QED) is 0.578. The van der Waals surface area contributed by atoms with E-state index in [1.165, 1.54) is 12.1 Å². The molecule has 0 aliphatic rings. The molecule has 0 fully saturated rings. The number of nitrogens with one attached hydrogen (secondary N) is 1. The smallest absolute Gasteiger partial charge is 0.339 e. The summed E-state index contributed by atoms with van der Waals surface area (Å²) in [5.41, 5.74) is 1.39. The van der Waals surface area contributed by atoms with Gasteiger partial charge >= 0.3 is 5.97 Å². The van der Waals surface area contributed by atoms with Crippen LogP contribution in [-0.4, -0.2) is 30.8 Å². The fourth-order valence-corrected chi connectivity index (χ4v) is 2.97. The van der Waals surface area contributed by atoms with Crippen LogP contribution in [0, 0.1) is 5.82 Å². The molecule has 1 amide bonds. The van der Waals surface area contributed by atoms with Crippen molar-refractivity contribution in [3.63, 3.8) is 0 Å². The molecule has 0 atom stereocenters. The minimum absolute atomic E-state index is 0.291. The predicted molar refractivity (Wildman–Crippen MR) is 96.2 cm³/mol. The first-order chi connectivity index (χ1) is 12.1. The van der Waals surface area contributed by atoms with Gasteiger partial charge in [0.25, 0.3) is 5.91 Å². The second-order valence-corrected chi connectivity index (χ2v) is 6.54. The summed E-state index contributed by atoms with van der Waals surface area (Å²) in [6, 6.07) is 13.3. The van der Waals surface area contributed by atoms with Crippen LogP contribution in [0.15, 0.2) is 53.4 Å². The molecule has 2 aromatic rings. The fourth-order valence-electron chi connectivity index (χ4n) is 2.17. The van der Waals surface area contributed by atoms with Crippen molar-refractivity contribution in [3.8, 4) is 0 Å². The number of thioether (sulfide) groups is 1. The fraction of sp³-hybridized carbons (Fsp3) is 0.263. The summed E-state index contributed by atoms with van der Waals surface area (Å²) in [4.78, 5) is 24.7. The second kappa shape index (κ2) is 9.84. The summed E-state index contributed by atoms with van der Waals surface area (Å²) in [5.74, 6) is -0.323. The van der Waals surface area contributed by atoms with Gasteiger partial charge in [-0.05, 0) is 42.0 Å². The van der Waals surface area contributed by atoms with E-state index in [0.29, 0.717) is 18.5 Å². The molecule has 0 spiro atoms. The number of hydrogen-bond acceptors (Lipinski definition) is 4. The lowest BCUT2D eigenvalue weighted by Crippen LogP contribution is -2.30. The Labute approximate surface area is 150 Å². The number of ether oxygens (including phenoxy) is 1. The molecule has 0 aliphatic carbocycles. The van der Waals surface area contributed by atoms with Gasteiger partial charge < -0.3 is 10.1 Å². The van der Waals surface area contributed by atoms with Gasteiger partial charge in [-0.15, -0.1) is 11.8 Å². The Hall–Kier alpha value is -2.34. The standard InChI is InChI=1S/C19H20FNO3S/c1-2-25-17-6-4-3-5-16(17)19(23)24-13-18(22)21-12-11-14-7-9-15(20)10-8-14/h3-10H,2,11-13H2,1H3,(H,21,22). The van der Waals surface area contributed by atoms with Gasteiger partial charge in [-0.1, -0.05) is 31.2 Å². The van der Waals surface area contributed by atoms with Crippen LogP contribution in [-0.2, 0) is 16.0 Å². The third kappa shape index (κ3) is 6.23. The van der Waals surface area contributed by atoms with E-state index in [2.05, 4.69) is 5.32 Å². The zero-order chi connectivity index (χ0) is 18.1. The number of halogens is 1. The van der Waals surface area contributed by atoms with Gasteiger partial charge in [-0.2, -0.15) is 0 Å². The molecule has 0 saturated heterocycles. The zero-order valence-electron chi connectivity index (χ0n) is 14.0. The third-order valence-corrected chi connectivity index (χ3v) is 4.35. The molecule has 2 aromatic carbocycles. The summed E-state index contributed by atoms with van der Waals surface area (Å²) < 4.78 is 17.9. The van der Waals surface area contributed by atoms with Gasteiger partial charge in [0, 0.05) is 11.4 Å². The van der Waals surface area contributed by atoms with Crippen molar-refractivity contribution in [3.05, 3.63) is 65.5 Å². The molecule has 0 bridgehead atoms. The zero-order valence-corrected chi connectivity index (χ0v) is 14.8.